The lowest BCUT2D eigenvalue weighted by Crippen LogP contribution is -2.48. The number of imidazole rings is 1. The fourth-order valence-corrected chi connectivity index (χ4v) is 3.30. The minimum atomic E-state index is -0.174. The number of aryl methyl sites for hydroxylation is 1. The Balaban J connectivity index is 1.64. The van der Waals surface area contributed by atoms with Crippen LogP contribution in [0.4, 0.5) is 0 Å². The molecule has 3 rings (SSSR count). The molecule has 2 heterocycles. The summed E-state index contributed by atoms with van der Waals surface area (Å²) in [6.45, 7) is 0.553. The molecule has 1 aromatic heterocycles. The molecular weight excluding hydrogens is 270 g/mol. The van der Waals surface area contributed by atoms with Gasteiger partial charge in [-0.1, -0.05) is 12.8 Å². The molecule has 6 heteroatoms. The van der Waals surface area contributed by atoms with Crippen LogP contribution in [0.1, 0.15) is 37.1 Å². The van der Waals surface area contributed by atoms with Gasteiger partial charge in [-0.15, -0.1) is 0 Å². The first-order valence-corrected chi connectivity index (χ1v) is 7.70. The van der Waals surface area contributed by atoms with E-state index in [0.717, 1.165) is 24.2 Å². The largest absolute Gasteiger partial charge is 0.394 e. The van der Waals surface area contributed by atoms with E-state index in [-0.39, 0.29) is 31.3 Å². The van der Waals surface area contributed by atoms with E-state index >= 15 is 0 Å². The molecule has 1 atom stereocenters. The summed E-state index contributed by atoms with van der Waals surface area (Å²) in [6.07, 6.45) is 7.15. The zero-order chi connectivity index (χ0) is 14.8. The Morgan fingerprint density at radius 1 is 1.48 bits per heavy atom. The van der Waals surface area contributed by atoms with Gasteiger partial charge in [-0.2, -0.15) is 0 Å². The van der Waals surface area contributed by atoms with Crippen molar-refractivity contribution < 1.29 is 14.6 Å². The zero-order valence-corrected chi connectivity index (χ0v) is 12.5. The number of rotatable bonds is 4. The fraction of sp³-hybridized carbons (Fsp3) is 0.733. The molecule has 116 valence electrons. The summed E-state index contributed by atoms with van der Waals surface area (Å²) in [6, 6.07) is -0.174. The van der Waals surface area contributed by atoms with Gasteiger partial charge in [0, 0.05) is 19.2 Å². The quantitative estimate of drug-likeness (QED) is 0.884. The molecule has 1 aliphatic heterocycles. The van der Waals surface area contributed by atoms with Crippen LogP contribution in [-0.4, -0.2) is 50.8 Å². The zero-order valence-electron chi connectivity index (χ0n) is 12.5. The van der Waals surface area contributed by atoms with Gasteiger partial charge in [0.2, 0.25) is 5.91 Å². The maximum atomic E-state index is 12.4. The number of carbonyl (C=O) groups is 1. The molecule has 1 aromatic rings. The Labute approximate surface area is 124 Å². The summed E-state index contributed by atoms with van der Waals surface area (Å²) in [4.78, 5) is 18.5. The van der Waals surface area contributed by atoms with Crippen molar-refractivity contribution in [3.8, 4) is 0 Å². The standard InChI is InChI=1S/C15H23N3O3/c1-17-10-16-13-7-18(11(8-19)6-14(13)17)15(20)9-21-12-4-2-3-5-12/h10-12,19H,2-9H2,1H3. The first kappa shape index (κ1) is 14.5. The molecule has 1 amide bonds. The minimum absolute atomic E-state index is 0.0280. The van der Waals surface area contributed by atoms with E-state index in [1.807, 2.05) is 11.6 Å². The first-order valence-electron chi connectivity index (χ1n) is 7.70. The van der Waals surface area contributed by atoms with Crippen molar-refractivity contribution in [2.75, 3.05) is 13.2 Å². The number of fused-ring (bicyclic) bond motifs is 1. The predicted molar refractivity (Wildman–Crippen MR) is 76.5 cm³/mol. The Morgan fingerprint density at radius 2 is 2.24 bits per heavy atom. The molecule has 1 unspecified atom stereocenters. The van der Waals surface area contributed by atoms with Gasteiger partial charge in [0.25, 0.3) is 0 Å². The molecule has 0 bridgehead atoms. The summed E-state index contributed by atoms with van der Waals surface area (Å²) in [5.74, 6) is -0.0442. The summed E-state index contributed by atoms with van der Waals surface area (Å²) >= 11 is 0. The molecule has 6 nitrogen and oxygen atoms in total. The van der Waals surface area contributed by atoms with E-state index < -0.39 is 0 Å². The lowest BCUT2D eigenvalue weighted by Gasteiger charge is -2.34. The number of nitrogens with zero attached hydrogens (tertiary/aromatic N) is 3. The van der Waals surface area contributed by atoms with Gasteiger partial charge < -0.3 is 19.3 Å². The van der Waals surface area contributed by atoms with Crippen molar-refractivity contribution in [3.63, 3.8) is 0 Å². The molecule has 1 saturated carbocycles. The van der Waals surface area contributed by atoms with E-state index in [2.05, 4.69) is 4.98 Å². The molecule has 0 saturated heterocycles. The van der Waals surface area contributed by atoms with Crippen LogP contribution in [0, 0.1) is 0 Å². The third-order valence-corrected chi connectivity index (χ3v) is 4.61. The fourth-order valence-electron chi connectivity index (χ4n) is 3.30. The van der Waals surface area contributed by atoms with Crippen LogP contribution in [0.15, 0.2) is 6.33 Å². The van der Waals surface area contributed by atoms with Crippen LogP contribution < -0.4 is 0 Å². The van der Waals surface area contributed by atoms with Crippen molar-refractivity contribution in [2.45, 2.75) is 50.8 Å². The van der Waals surface area contributed by atoms with Gasteiger partial charge >= 0.3 is 0 Å². The van der Waals surface area contributed by atoms with E-state index in [0.29, 0.717) is 13.0 Å². The Hall–Kier alpha value is -1.40. The number of aliphatic hydroxyl groups excluding tert-OH is 1. The van der Waals surface area contributed by atoms with Crippen LogP contribution >= 0.6 is 0 Å². The van der Waals surface area contributed by atoms with Crippen molar-refractivity contribution in [3.05, 3.63) is 17.7 Å². The summed E-state index contributed by atoms with van der Waals surface area (Å²) < 4.78 is 7.67. The van der Waals surface area contributed by atoms with Crippen molar-refractivity contribution >= 4 is 5.91 Å². The maximum absolute atomic E-state index is 12.4. The van der Waals surface area contributed by atoms with Gasteiger partial charge in [-0.3, -0.25) is 4.79 Å². The lowest BCUT2D eigenvalue weighted by atomic mass is 10.0. The SMILES string of the molecule is Cn1cnc2c1CC(CO)N(C(=O)COC1CCCC1)C2. The molecule has 0 aromatic carbocycles. The van der Waals surface area contributed by atoms with Gasteiger partial charge in [-0.05, 0) is 12.8 Å². The summed E-state index contributed by atoms with van der Waals surface area (Å²) in [5.41, 5.74) is 2.03. The molecular formula is C15H23N3O3. The second kappa shape index (κ2) is 6.15. The third kappa shape index (κ3) is 2.96. The second-order valence-corrected chi connectivity index (χ2v) is 6.03. The van der Waals surface area contributed by atoms with E-state index in [4.69, 9.17) is 4.74 Å². The van der Waals surface area contributed by atoms with Gasteiger partial charge in [-0.25, -0.2) is 4.98 Å². The highest BCUT2D eigenvalue weighted by molar-refractivity contribution is 5.78. The van der Waals surface area contributed by atoms with Crippen LogP contribution in [-0.2, 0) is 29.5 Å². The summed E-state index contributed by atoms with van der Waals surface area (Å²) in [5, 5.41) is 9.58. The average molecular weight is 293 g/mol. The van der Waals surface area contributed by atoms with Gasteiger partial charge in [0.05, 0.1) is 37.3 Å². The minimum Gasteiger partial charge on any atom is -0.394 e. The molecule has 1 aliphatic carbocycles. The number of aliphatic hydroxyl groups is 1. The second-order valence-electron chi connectivity index (χ2n) is 6.03. The number of ether oxygens (including phenoxy) is 1. The normalized spacial score (nSPS) is 22.6. The highest BCUT2D eigenvalue weighted by Crippen LogP contribution is 2.24. The van der Waals surface area contributed by atoms with Gasteiger partial charge in [0.15, 0.2) is 0 Å². The molecule has 2 aliphatic rings. The van der Waals surface area contributed by atoms with E-state index in [1.54, 1.807) is 11.2 Å². The summed E-state index contributed by atoms with van der Waals surface area (Å²) in [7, 11) is 1.95. The Kier molecular flexibility index (Phi) is 4.26. The first-order chi connectivity index (χ1) is 10.2. The van der Waals surface area contributed by atoms with E-state index in [1.165, 1.54) is 12.8 Å². The number of hydrogen-bond donors (Lipinski definition) is 1. The maximum Gasteiger partial charge on any atom is 0.249 e. The van der Waals surface area contributed by atoms with Crippen molar-refractivity contribution in [2.24, 2.45) is 7.05 Å². The number of hydrogen-bond acceptors (Lipinski definition) is 4. The highest BCUT2D eigenvalue weighted by atomic mass is 16.5. The van der Waals surface area contributed by atoms with Crippen LogP contribution in [0.5, 0.6) is 0 Å². The molecule has 0 radical (unpaired) electrons. The molecule has 21 heavy (non-hydrogen) atoms. The lowest BCUT2D eigenvalue weighted by molar-refractivity contribution is -0.142. The van der Waals surface area contributed by atoms with Crippen LogP contribution in [0.3, 0.4) is 0 Å². The van der Waals surface area contributed by atoms with Gasteiger partial charge in [0.1, 0.15) is 6.61 Å². The Bertz CT molecular complexity index is 508. The Morgan fingerprint density at radius 3 is 2.95 bits per heavy atom. The third-order valence-electron chi connectivity index (χ3n) is 4.61. The number of aromatic nitrogens is 2. The molecule has 1 N–H and O–H groups in total. The van der Waals surface area contributed by atoms with Crippen LogP contribution in [0.25, 0.3) is 0 Å². The average Bonchev–Trinajstić information content (AvgIpc) is 3.14. The van der Waals surface area contributed by atoms with Crippen LogP contribution in [0.2, 0.25) is 0 Å². The molecule has 1 fully saturated rings. The smallest absolute Gasteiger partial charge is 0.249 e. The topological polar surface area (TPSA) is 67.6 Å². The predicted octanol–water partition coefficient (Wildman–Crippen LogP) is 0.625. The van der Waals surface area contributed by atoms with E-state index in [9.17, 15) is 9.90 Å². The highest BCUT2D eigenvalue weighted by Gasteiger charge is 2.32. The number of amides is 1. The monoisotopic (exact) mass is 293 g/mol. The molecule has 0 spiro atoms. The van der Waals surface area contributed by atoms with Crippen molar-refractivity contribution in [1.82, 2.24) is 14.5 Å². The van der Waals surface area contributed by atoms with Crippen molar-refractivity contribution in [1.29, 1.82) is 0 Å². The number of carbonyl (C=O) groups excluding carboxylic acids is 1.